The van der Waals surface area contributed by atoms with Crippen LogP contribution in [0.3, 0.4) is 0 Å². The van der Waals surface area contributed by atoms with Crippen LogP contribution in [-0.2, 0) is 11.2 Å². The molecule has 1 fully saturated rings. The number of aromatic nitrogens is 1. The summed E-state index contributed by atoms with van der Waals surface area (Å²) in [4.78, 5) is 51.8. The molecule has 1 saturated heterocycles. The lowest BCUT2D eigenvalue weighted by Crippen LogP contribution is -2.55. The first-order valence-corrected chi connectivity index (χ1v) is 12.3. The SMILES string of the molecule is O=C(CN1C(=O)c2ccccc2N2C(=O)c3ccccc3[C@H]12)N1CCN(CCc2ccncc2)CC1. The van der Waals surface area contributed by atoms with Crippen LogP contribution in [0, 0.1) is 0 Å². The monoisotopic (exact) mass is 481 g/mol. The van der Waals surface area contributed by atoms with Crippen molar-refractivity contribution in [2.24, 2.45) is 0 Å². The molecule has 3 aromatic rings. The van der Waals surface area contributed by atoms with Crippen molar-refractivity contribution in [3.05, 3.63) is 95.3 Å². The van der Waals surface area contributed by atoms with Gasteiger partial charge < -0.3 is 9.80 Å². The number of nitrogens with zero attached hydrogens (tertiary/aromatic N) is 5. The largest absolute Gasteiger partial charge is 0.339 e. The van der Waals surface area contributed by atoms with Crippen molar-refractivity contribution in [1.29, 1.82) is 0 Å². The van der Waals surface area contributed by atoms with Crippen molar-refractivity contribution in [3.8, 4) is 0 Å². The second-order valence-corrected chi connectivity index (χ2v) is 9.41. The van der Waals surface area contributed by atoms with E-state index in [4.69, 9.17) is 0 Å². The van der Waals surface area contributed by atoms with Crippen LogP contribution in [-0.4, -0.2) is 76.7 Å². The van der Waals surface area contributed by atoms with Gasteiger partial charge in [-0.25, -0.2) is 0 Å². The van der Waals surface area contributed by atoms with Crippen molar-refractivity contribution in [2.75, 3.05) is 44.2 Å². The van der Waals surface area contributed by atoms with Crippen LogP contribution in [0.15, 0.2) is 73.1 Å². The van der Waals surface area contributed by atoms with E-state index in [1.165, 1.54) is 5.56 Å². The van der Waals surface area contributed by atoms with Gasteiger partial charge in [0.2, 0.25) is 5.91 Å². The number of anilines is 1. The minimum absolute atomic E-state index is 0.0625. The Labute approximate surface area is 209 Å². The fourth-order valence-corrected chi connectivity index (χ4v) is 5.44. The van der Waals surface area contributed by atoms with Gasteiger partial charge in [0.25, 0.3) is 11.8 Å². The van der Waals surface area contributed by atoms with Crippen molar-refractivity contribution < 1.29 is 14.4 Å². The maximum Gasteiger partial charge on any atom is 0.260 e. The molecule has 3 aliphatic heterocycles. The van der Waals surface area contributed by atoms with Gasteiger partial charge in [0, 0.05) is 56.2 Å². The molecule has 0 radical (unpaired) electrons. The molecule has 0 N–H and O–H groups in total. The molecule has 0 saturated carbocycles. The zero-order valence-corrected chi connectivity index (χ0v) is 19.9. The first-order chi connectivity index (χ1) is 17.6. The summed E-state index contributed by atoms with van der Waals surface area (Å²) in [6.45, 7) is 3.71. The predicted octanol–water partition coefficient (Wildman–Crippen LogP) is 2.58. The number of carbonyl (C=O) groups is 3. The van der Waals surface area contributed by atoms with Gasteiger partial charge in [-0.2, -0.15) is 0 Å². The standard InChI is InChI=1S/C28H27N5O3/c34-25(31-17-15-30(16-18-31)14-11-20-9-12-29-13-10-20)19-32-26-21-5-1-2-6-22(21)28(36)33(26)24-8-4-3-7-23(24)27(32)35/h1-10,12-13,26H,11,14-19H2/t26-/m1/s1. The highest BCUT2D eigenvalue weighted by Crippen LogP contribution is 2.45. The number of piperazine rings is 1. The molecule has 0 spiro atoms. The summed E-state index contributed by atoms with van der Waals surface area (Å²) < 4.78 is 0. The zero-order chi connectivity index (χ0) is 24.6. The van der Waals surface area contributed by atoms with Gasteiger partial charge in [0.05, 0.1) is 11.3 Å². The number of amides is 3. The summed E-state index contributed by atoms with van der Waals surface area (Å²) >= 11 is 0. The van der Waals surface area contributed by atoms with Crippen LogP contribution in [0.5, 0.6) is 0 Å². The highest BCUT2D eigenvalue weighted by atomic mass is 16.2. The second-order valence-electron chi connectivity index (χ2n) is 9.41. The Kier molecular flexibility index (Phi) is 5.73. The fraction of sp³-hybridized carbons (Fsp3) is 0.286. The molecular weight excluding hydrogens is 454 g/mol. The van der Waals surface area contributed by atoms with Crippen LogP contribution in [0.2, 0.25) is 0 Å². The maximum absolute atomic E-state index is 13.6. The number of pyridine rings is 1. The molecule has 2 aromatic carbocycles. The summed E-state index contributed by atoms with van der Waals surface area (Å²) in [5.74, 6) is -0.454. The second kappa shape index (κ2) is 9.20. The Morgan fingerprint density at radius 3 is 2.31 bits per heavy atom. The van der Waals surface area contributed by atoms with Gasteiger partial charge in [-0.15, -0.1) is 0 Å². The van der Waals surface area contributed by atoms with Crippen molar-refractivity contribution in [2.45, 2.75) is 12.6 Å². The number of carbonyl (C=O) groups excluding carboxylic acids is 3. The van der Waals surface area contributed by atoms with E-state index in [9.17, 15) is 14.4 Å². The topological polar surface area (TPSA) is 77.1 Å². The highest BCUT2D eigenvalue weighted by molar-refractivity contribution is 6.17. The molecule has 182 valence electrons. The number of rotatable bonds is 5. The Hall–Kier alpha value is -4.04. The van der Waals surface area contributed by atoms with E-state index in [1.54, 1.807) is 34.1 Å². The van der Waals surface area contributed by atoms with Gasteiger partial charge in [-0.05, 0) is 42.3 Å². The van der Waals surface area contributed by atoms with Crippen molar-refractivity contribution >= 4 is 23.4 Å². The summed E-state index contributed by atoms with van der Waals surface area (Å²) in [5.41, 5.74) is 3.64. The van der Waals surface area contributed by atoms with Gasteiger partial charge in [-0.3, -0.25) is 29.2 Å². The predicted molar refractivity (Wildman–Crippen MR) is 134 cm³/mol. The molecule has 1 aromatic heterocycles. The van der Waals surface area contributed by atoms with E-state index in [0.29, 0.717) is 29.9 Å². The van der Waals surface area contributed by atoms with E-state index in [1.807, 2.05) is 53.7 Å². The molecule has 0 unspecified atom stereocenters. The zero-order valence-electron chi connectivity index (χ0n) is 19.9. The molecule has 0 bridgehead atoms. The molecule has 0 aliphatic carbocycles. The minimum Gasteiger partial charge on any atom is -0.339 e. The molecule has 36 heavy (non-hydrogen) atoms. The lowest BCUT2D eigenvalue weighted by atomic mass is 10.0. The number of benzene rings is 2. The normalized spacial score (nSPS) is 19.2. The average molecular weight is 482 g/mol. The molecule has 4 heterocycles. The van der Waals surface area contributed by atoms with E-state index in [0.717, 1.165) is 31.6 Å². The third-order valence-electron chi connectivity index (χ3n) is 7.38. The highest BCUT2D eigenvalue weighted by Gasteiger charge is 2.48. The Bertz CT molecular complexity index is 1320. The smallest absolute Gasteiger partial charge is 0.260 e. The van der Waals surface area contributed by atoms with Gasteiger partial charge in [0.1, 0.15) is 12.7 Å². The van der Waals surface area contributed by atoms with Crippen LogP contribution >= 0.6 is 0 Å². The summed E-state index contributed by atoms with van der Waals surface area (Å²) in [6, 6.07) is 18.6. The summed E-state index contributed by atoms with van der Waals surface area (Å²) in [7, 11) is 0. The van der Waals surface area contributed by atoms with Crippen LogP contribution in [0.1, 0.15) is 38.0 Å². The van der Waals surface area contributed by atoms with Gasteiger partial charge in [0.15, 0.2) is 0 Å². The van der Waals surface area contributed by atoms with E-state index in [2.05, 4.69) is 9.88 Å². The summed E-state index contributed by atoms with van der Waals surface area (Å²) in [6.07, 6.45) is 3.96. The molecular formula is C28H27N5O3. The van der Waals surface area contributed by atoms with Crippen LogP contribution < -0.4 is 4.90 Å². The van der Waals surface area contributed by atoms with E-state index in [-0.39, 0.29) is 24.3 Å². The van der Waals surface area contributed by atoms with E-state index < -0.39 is 6.17 Å². The average Bonchev–Trinajstić information content (AvgIpc) is 3.23. The third-order valence-corrected chi connectivity index (χ3v) is 7.38. The quantitative estimate of drug-likeness (QED) is 0.560. The van der Waals surface area contributed by atoms with Crippen LogP contribution in [0.25, 0.3) is 0 Å². The first-order valence-electron chi connectivity index (χ1n) is 12.3. The lowest BCUT2D eigenvalue weighted by molar-refractivity contribution is -0.134. The van der Waals surface area contributed by atoms with Gasteiger partial charge in [-0.1, -0.05) is 30.3 Å². The van der Waals surface area contributed by atoms with Crippen LogP contribution in [0.4, 0.5) is 5.69 Å². The molecule has 8 heteroatoms. The van der Waals surface area contributed by atoms with E-state index >= 15 is 0 Å². The third kappa shape index (κ3) is 3.83. The molecule has 6 rings (SSSR count). The minimum atomic E-state index is -0.610. The molecule has 1 atom stereocenters. The Balaban J connectivity index is 1.17. The maximum atomic E-state index is 13.6. The Morgan fingerprint density at radius 2 is 1.53 bits per heavy atom. The van der Waals surface area contributed by atoms with Gasteiger partial charge >= 0.3 is 0 Å². The number of hydrogen-bond donors (Lipinski definition) is 0. The van der Waals surface area contributed by atoms with Crippen molar-refractivity contribution in [1.82, 2.24) is 19.7 Å². The van der Waals surface area contributed by atoms with Crippen molar-refractivity contribution in [3.63, 3.8) is 0 Å². The Morgan fingerprint density at radius 1 is 0.833 bits per heavy atom. The first kappa shape index (κ1) is 22.4. The number of fused-ring (bicyclic) bond motifs is 5. The number of hydrogen-bond acceptors (Lipinski definition) is 5. The molecule has 3 amide bonds. The molecule has 8 nitrogen and oxygen atoms in total. The molecule has 3 aliphatic rings. The summed E-state index contributed by atoms with van der Waals surface area (Å²) in [5, 5.41) is 0. The fourth-order valence-electron chi connectivity index (χ4n) is 5.44. The lowest BCUT2D eigenvalue weighted by Gasteiger charge is -2.42. The number of para-hydroxylation sites is 1.